The number of nitrogens with zero attached hydrogens (tertiary/aromatic N) is 4. The van der Waals surface area contributed by atoms with Gasteiger partial charge in [-0.15, -0.1) is 11.3 Å². The Morgan fingerprint density at radius 1 is 0.914 bits per heavy atom. The standard InChI is InChI=1S/C44H38ClFN4O7S/c1-4-55-44(53)36(20-29-19-26(21-51)9-16-34(29)56-23-31-17-18-47-41(50-31)33-7-5-6-8-35(33)54-3)57-42-38-37(32-15-12-28(22-52)39(45)25(32)2)40(58-43(38)49-24-48-42)27-10-13-30(46)14-11-27/h5-19,24,36,51-52H,4,20-23H2,1-3H3/t36-/m1/s1. The molecule has 0 saturated carbocycles. The van der Waals surface area contributed by atoms with Crippen LogP contribution in [0.4, 0.5) is 4.39 Å². The molecule has 11 nitrogen and oxygen atoms in total. The lowest BCUT2D eigenvalue weighted by Gasteiger charge is -2.20. The van der Waals surface area contributed by atoms with E-state index in [2.05, 4.69) is 15.0 Å². The zero-order valence-electron chi connectivity index (χ0n) is 31.7. The van der Waals surface area contributed by atoms with Crippen molar-refractivity contribution in [1.82, 2.24) is 19.9 Å². The first-order valence-corrected chi connectivity index (χ1v) is 19.5. The van der Waals surface area contributed by atoms with Crippen LogP contribution in [0.5, 0.6) is 17.4 Å². The van der Waals surface area contributed by atoms with Crippen molar-refractivity contribution in [3.63, 3.8) is 0 Å². The minimum Gasteiger partial charge on any atom is -0.496 e. The van der Waals surface area contributed by atoms with Crippen molar-refractivity contribution in [2.75, 3.05) is 13.7 Å². The Balaban J connectivity index is 1.27. The van der Waals surface area contributed by atoms with Crippen molar-refractivity contribution in [3.05, 3.63) is 136 Å². The zero-order chi connectivity index (χ0) is 40.8. The number of hydrogen-bond acceptors (Lipinski definition) is 12. The van der Waals surface area contributed by atoms with E-state index >= 15 is 0 Å². The first-order chi connectivity index (χ1) is 28.2. The summed E-state index contributed by atoms with van der Waals surface area (Å²) in [6.45, 7) is 3.20. The Kier molecular flexibility index (Phi) is 12.5. The Morgan fingerprint density at radius 3 is 2.48 bits per heavy atom. The topological polar surface area (TPSA) is 146 Å². The van der Waals surface area contributed by atoms with Gasteiger partial charge in [-0.3, -0.25) is 0 Å². The van der Waals surface area contributed by atoms with Crippen LogP contribution >= 0.6 is 22.9 Å². The van der Waals surface area contributed by atoms with Gasteiger partial charge in [0.2, 0.25) is 12.0 Å². The number of rotatable bonds is 15. The number of para-hydroxylation sites is 1. The van der Waals surface area contributed by atoms with Crippen LogP contribution in [0.15, 0.2) is 97.5 Å². The third-order valence-corrected chi connectivity index (χ3v) is 11.1. The average molecular weight is 821 g/mol. The molecular weight excluding hydrogens is 783 g/mol. The third kappa shape index (κ3) is 8.48. The molecule has 0 aliphatic rings. The number of aromatic nitrogens is 4. The number of carbonyl (C=O) groups is 1. The van der Waals surface area contributed by atoms with Crippen molar-refractivity contribution in [2.45, 2.75) is 46.2 Å². The number of hydrogen-bond donors (Lipinski definition) is 2. The van der Waals surface area contributed by atoms with Crippen molar-refractivity contribution >= 4 is 39.1 Å². The van der Waals surface area contributed by atoms with E-state index in [1.807, 2.05) is 37.3 Å². The number of aliphatic hydroxyl groups excluding tert-OH is 2. The van der Waals surface area contributed by atoms with Crippen molar-refractivity contribution in [1.29, 1.82) is 0 Å². The van der Waals surface area contributed by atoms with Gasteiger partial charge in [0.25, 0.3) is 0 Å². The Labute approximate surface area is 342 Å². The van der Waals surface area contributed by atoms with Gasteiger partial charge in [-0.25, -0.2) is 29.1 Å². The van der Waals surface area contributed by atoms with Crippen molar-refractivity contribution in [2.24, 2.45) is 0 Å². The summed E-state index contributed by atoms with van der Waals surface area (Å²) in [7, 11) is 1.59. The number of fused-ring (bicyclic) bond motifs is 1. The molecular formula is C44H38ClFN4O7S. The smallest absolute Gasteiger partial charge is 0.347 e. The van der Waals surface area contributed by atoms with Gasteiger partial charge in [-0.05, 0) is 89.7 Å². The summed E-state index contributed by atoms with van der Waals surface area (Å²) in [5.41, 5.74) is 5.82. The second kappa shape index (κ2) is 18.1. The van der Waals surface area contributed by atoms with E-state index in [0.29, 0.717) is 71.6 Å². The molecule has 0 aliphatic carbocycles. The Hall–Kier alpha value is -5.99. The maximum Gasteiger partial charge on any atom is 0.347 e. The average Bonchev–Trinajstić information content (AvgIpc) is 3.64. The molecule has 14 heteroatoms. The van der Waals surface area contributed by atoms with Gasteiger partial charge in [-0.2, -0.15) is 0 Å². The van der Waals surface area contributed by atoms with Crippen LogP contribution in [-0.4, -0.2) is 55.9 Å². The van der Waals surface area contributed by atoms with Crippen molar-refractivity contribution < 1.29 is 38.3 Å². The molecule has 0 spiro atoms. The molecule has 0 amide bonds. The van der Waals surface area contributed by atoms with Crippen LogP contribution < -0.4 is 14.2 Å². The van der Waals surface area contributed by atoms with Gasteiger partial charge in [0, 0.05) is 28.1 Å². The molecule has 0 radical (unpaired) electrons. The summed E-state index contributed by atoms with van der Waals surface area (Å²) in [5, 5.41) is 20.9. The quantitative estimate of drug-likeness (QED) is 0.0958. The molecule has 2 N–H and O–H groups in total. The number of halogens is 2. The normalized spacial score (nSPS) is 11.7. The summed E-state index contributed by atoms with van der Waals surface area (Å²) in [6.07, 6.45) is 1.75. The van der Waals surface area contributed by atoms with Crippen LogP contribution in [0.1, 0.15) is 34.9 Å². The molecule has 1 atom stereocenters. The Morgan fingerprint density at radius 2 is 1.72 bits per heavy atom. The highest BCUT2D eigenvalue weighted by Crippen LogP contribution is 2.49. The fraction of sp³-hybridized carbons (Fsp3) is 0.205. The van der Waals surface area contributed by atoms with Gasteiger partial charge < -0.3 is 29.2 Å². The number of aliphatic hydroxyl groups is 2. The predicted octanol–water partition coefficient (Wildman–Crippen LogP) is 8.71. The van der Waals surface area contributed by atoms with Crippen LogP contribution in [0.25, 0.3) is 43.2 Å². The van der Waals surface area contributed by atoms with E-state index in [1.165, 1.54) is 29.8 Å². The molecule has 58 heavy (non-hydrogen) atoms. The van der Waals surface area contributed by atoms with E-state index in [0.717, 1.165) is 16.0 Å². The molecule has 0 unspecified atom stereocenters. The first kappa shape index (κ1) is 40.2. The lowest BCUT2D eigenvalue weighted by atomic mass is 9.94. The predicted molar refractivity (Wildman–Crippen MR) is 219 cm³/mol. The molecule has 0 bridgehead atoms. The van der Waals surface area contributed by atoms with Gasteiger partial charge >= 0.3 is 5.97 Å². The van der Waals surface area contributed by atoms with E-state index in [1.54, 1.807) is 62.7 Å². The lowest BCUT2D eigenvalue weighted by Crippen LogP contribution is -2.32. The van der Waals surface area contributed by atoms with Gasteiger partial charge in [0.1, 0.15) is 35.1 Å². The Bertz CT molecular complexity index is 2590. The van der Waals surface area contributed by atoms with Gasteiger partial charge in [0.05, 0.1) is 43.6 Å². The minimum absolute atomic E-state index is 0.0237. The maximum atomic E-state index is 14.1. The van der Waals surface area contributed by atoms with E-state index in [9.17, 15) is 19.4 Å². The molecule has 3 heterocycles. The summed E-state index contributed by atoms with van der Waals surface area (Å²) in [5.74, 6) is 0.613. The SMILES string of the molecule is CCOC(=O)[C@@H](Cc1cc(CO)ccc1OCc1ccnc(-c2ccccc2OC)n1)Oc1ncnc2sc(-c3ccc(F)cc3)c(-c3ccc(CO)c(Cl)c3C)c12. The van der Waals surface area contributed by atoms with E-state index in [4.69, 9.17) is 35.5 Å². The van der Waals surface area contributed by atoms with Gasteiger partial charge in [0.15, 0.2) is 5.82 Å². The summed E-state index contributed by atoms with van der Waals surface area (Å²) in [4.78, 5) is 33.3. The van der Waals surface area contributed by atoms with Crippen molar-refractivity contribution in [3.8, 4) is 50.3 Å². The monoisotopic (exact) mass is 820 g/mol. The molecule has 0 fully saturated rings. The van der Waals surface area contributed by atoms with E-state index in [-0.39, 0.29) is 44.5 Å². The summed E-state index contributed by atoms with van der Waals surface area (Å²) < 4.78 is 38.0. The van der Waals surface area contributed by atoms with Crippen LogP contribution in [0.2, 0.25) is 5.02 Å². The molecule has 4 aromatic carbocycles. The molecule has 0 aliphatic heterocycles. The summed E-state index contributed by atoms with van der Waals surface area (Å²) >= 11 is 8.11. The second-order valence-electron chi connectivity index (χ2n) is 13.1. The highest BCUT2D eigenvalue weighted by atomic mass is 35.5. The molecule has 3 aromatic heterocycles. The number of carbonyl (C=O) groups excluding carboxylic acids is 1. The first-order valence-electron chi connectivity index (χ1n) is 18.3. The highest BCUT2D eigenvalue weighted by molar-refractivity contribution is 7.22. The van der Waals surface area contributed by atoms with E-state index < -0.39 is 12.1 Å². The number of methoxy groups -OCH3 is 1. The molecule has 0 saturated heterocycles. The van der Waals surface area contributed by atoms with Gasteiger partial charge in [-0.1, -0.05) is 54.1 Å². The number of esters is 1. The fourth-order valence-electron chi connectivity index (χ4n) is 6.55. The third-order valence-electron chi connectivity index (χ3n) is 9.42. The molecule has 7 aromatic rings. The maximum absolute atomic E-state index is 14.1. The number of benzene rings is 4. The number of thiophene rings is 1. The second-order valence-corrected chi connectivity index (χ2v) is 14.4. The minimum atomic E-state index is -1.23. The van der Waals surface area contributed by atoms with Crippen LogP contribution in [-0.2, 0) is 35.8 Å². The van der Waals surface area contributed by atoms with Crippen LogP contribution in [0, 0.1) is 12.7 Å². The van der Waals surface area contributed by atoms with Crippen LogP contribution in [0.3, 0.4) is 0 Å². The lowest BCUT2D eigenvalue weighted by molar-refractivity contribution is -0.151. The molecule has 296 valence electrons. The highest BCUT2D eigenvalue weighted by Gasteiger charge is 2.29. The largest absolute Gasteiger partial charge is 0.496 e. The molecule has 7 rings (SSSR count). The summed E-state index contributed by atoms with van der Waals surface area (Å²) in [6, 6.07) is 24.1. The number of ether oxygens (including phenoxy) is 4. The zero-order valence-corrected chi connectivity index (χ0v) is 33.3. The fourth-order valence-corrected chi connectivity index (χ4v) is 7.93.